The molecule has 2 aromatic carbocycles. The van der Waals surface area contributed by atoms with Gasteiger partial charge in [0.15, 0.2) is 0 Å². The highest BCUT2D eigenvalue weighted by molar-refractivity contribution is 7.89. The summed E-state index contributed by atoms with van der Waals surface area (Å²) in [5.74, 6) is 0.781. The number of rotatable bonds is 6. The predicted molar refractivity (Wildman–Crippen MR) is 148 cm³/mol. The third kappa shape index (κ3) is 5.93. The Hall–Kier alpha value is -2.26. The Balaban J connectivity index is 1.15. The van der Waals surface area contributed by atoms with Gasteiger partial charge in [-0.15, -0.1) is 11.3 Å². The lowest BCUT2D eigenvalue weighted by Crippen LogP contribution is -2.39. The van der Waals surface area contributed by atoms with Crippen LogP contribution in [0.1, 0.15) is 58.2 Å². The Morgan fingerprint density at radius 1 is 1.03 bits per heavy atom. The predicted octanol–water partition coefficient (Wildman–Crippen LogP) is 5.77. The van der Waals surface area contributed by atoms with Crippen molar-refractivity contribution in [3.63, 3.8) is 0 Å². The maximum atomic E-state index is 13.1. The molecule has 9 heteroatoms. The molecule has 2 fully saturated rings. The summed E-state index contributed by atoms with van der Waals surface area (Å²) in [5.41, 5.74) is 2.73. The van der Waals surface area contributed by atoms with Gasteiger partial charge in [0.2, 0.25) is 10.0 Å². The molecule has 3 heterocycles. The topological polar surface area (TPSA) is 70.6 Å². The van der Waals surface area contributed by atoms with Crippen molar-refractivity contribution in [1.29, 1.82) is 0 Å². The van der Waals surface area contributed by atoms with Gasteiger partial charge in [-0.1, -0.05) is 48.0 Å². The zero-order chi connectivity index (χ0) is 26.0. The van der Waals surface area contributed by atoms with E-state index in [0.717, 1.165) is 42.9 Å². The molecule has 1 amide bonds. The second-order valence-corrected chi connectivity index (χ2v) is 13.3. The number of thiazole rings is 1. The van der Waals surface area contributed by atoms with E-state index in [2.05, 4.69) is 24.3 Å². The number of aromatic nitrogens is 1. The summed E-state index contributed by atoms with van der Waals surface area (Å²) in [6.45, 7) is 4.24. The highest BCUT2D eigenvalue weighted by Crippen LogP contribution is 2.33. The Morgan fingerprint density at radius 2 is 1.73 bits per heavy atom. The second-order valence-electron chi connectivity index (χ2n) is 10.1. The average molecular weight is 558 g/mol. The molecule has 2 saturated heterocycles. The monoisotopic (exact) mass is 557 g/mol. The number of aryl methyl sites for hydroxylation is 1. The summed E-state index contributed by atoms with van der Waals surface area (Å²) < 4.78 is 27.7. The number of benzene rings is 2. The van der Waals surface area contributed by atoms with Crippen LogP contribution in [0.2, 0.25) is 5.02 Å². The summed E-state index contributed by atoms with van der Waals surface area (Å²) >= 11 is 7.68. The minimum atomic E-state index is -3.58. The molecule has 0 unspecified atom stereocenters. The Labute approximate surface area is 228 Å². The lowest BCUT2D eigenvalue weighted by atomic mass is 9.90. The summed E-state index contributed by atoms with van der Waals surface area (Å²) in [4.78, 5) is 20.0. The summed E-state index contributed by atoms with van der Waals surface area (Å²) in [6.07, 6.45) is 4.46. The van der Waals surface area contributed by atoms with Gasteiger partial charge in [-0.3, -0.25) is 4.79 Å². The van der Waals surface area contributed by atoms with Crippen molar-refractivity contribution in [2.75, 3.05) is 26.2 Å². The van der Waals surface area contributed by atoms with E-state index in [9.17, 15) is 13.2 Å². The van der Waals surface area contributed by atoms with Crippen molar-refractivity contribution in [1.82, 2.24) is 14.2 Å². The van der Waals surface area contributed by atoms with Gasteiger partial charge in [0.05, 0.1) is 9.90 Å². The number of piperidine rings is 2. The van der Waals surface area contributed by atoms with Gasteiger partial charge < -0.3 is 4.90 Å². The van der Waals surface area contributed by atoms with Crippen LogP contribution in [0.15, 0.2) is 58.8 Å². The van der Waals surface area contributed by atoms with Crippen molar-refractivity contribution in [2.45, 2.75) is 49.8 Å². The zero-order valence-corrected chi connectivity index (χ0v) is 23.4. The van der Waals surface area contributed by atoms with Crippen molar-refractivity contribution in [3.8, 4) is 0 Å². The smallest absolute Gasteiger partial charge is 0.273 e. The van der Waals surface area contributed by atoms with Crippen LogP contribution in [-0.4, -0.2) is 54.7 Å². The second kappa shape index (κ2) is 11.2. The first-order valence-electron chi connectivity index (χ1n) is 12.9. The molecule has 0 bridgehead atoms. The molecule has 0 saturated carbocycles. The Kier molecular flexibility index (Phi) is 8.00. The number of amides is 1. The van der Waals surface area contributed by atoms with Gasteiger partial charge in [0.25, 0.3) is 5.91 Å². The molecule has 37 heavy (non-hydrogen) atoms. The summed E-state index contributed by atoms with van der Waals surface area (Å²) in [6, 6.07) is 15.4. The van der Waals surface area contributed by atoms with E-state index in [1.165, 1.54) is 27.3 Å². The normalized spacial score (nSPS) is 18.3. The quantitative estimate of drug-likeness (QED) is 0.386. The molecule has 2 aliphatic heterocycles. The fourth-order valence-corrected chi connectivity index (χ4v) is 7.96. The molecule has 2 aliphatic rings. The molecule has 3 aromatic rings. The minimum absolute atomic E-state index is 0.0110. The number of hydrogen-bond donors (Lipinski definition) is 0. The van der Waals surface area contributed by atoms with E-state index in [4.69, 9.17) is 16.6 Å². The minimum Gasteiger partial charge on any atom is -0.337 e. The maximum absolute atomic E-state index is 13.1. The number of nitrogens with zero attached hydrogens (tertiary/aromatic N) is 3. The molecule has 0 atom stereocenters. The number of halogens is 1. The molecule has 6 nitrogen and oxygen atoms in total. The third-order valence-corrected chi connectivity index (χ3v) is 10.9. The van der Waals surface area contributed by atoms with Crippen LogP contribution in [0.4, 0.5) is 0 Å². The van der Waals surface area contributed by atoms with Gasteiger partial charge in [-0.2, -0.15) is 4.31 Å². The molecule has 0 aliphatic carbocycles. The highest BCUT2D eigenvalue weighted by atomic mass is 35.5. The summed E-state index contributed by atoms with van der Waals surface area (Å²) in [7, 11) is -3.58. The fourth-order valence-electron chi connectivity index (χ4n) is 5.25. The maximum Gasteiger partial charge on any atom is 0.273 e. The first-order chi connectivity index (χ1) is 17.8. The zero-order valence-electron chi connectivity index (χ0n) is 21.0. The van der Waals surface area contributed by atoms with E-state index >= 15 is 0 Å². The average Bonchev–Trinajstić information content (AvgIpc) is 3.41. The standard InChI is InChI=1S/C28H32ClN3O3S2/c1-20-7-8-24(18-25(20)29)37(34,35)32-15-11-23(12-16-32)27-30-26(19-36-27)28(33)31-13-9-22(10-14-31)17-21-5-3-2-4-6-21/h2-8,18-19,22-23H,9-17H2,1H3. The lowest BCUT2D eigenvalue weighted by molar-refractivity contribution is 0.0685. The molecular formula is C28H32ClN3O3S2. The first-order valence-corrected chi connectivity index (χ1v) is 15.6. The van der Waals surface area contributed by atoms with E-state index in [-0.39, 0.29) is 16.7 Å². The molecule has 0 spiro atoms. The van der Waals surface area contributed by atoms with E-state index in [1.54, 1.807) is 12.1 Å². The van der Waals surface area contributed by atoms with Crippen LogP contribution in [-0.2, 0) is 16.4 Å². The van der Waals surface area contributed by atoms with Crippen LogP contribution in [0.5, 0.6) is 0 Å². The van der Waals surface area contributed by atoms with Crippen LogP contribution in [0, 0.1) is 12.8 Å². The van der Waals surface area contributed by atoms with Gasteiger partial charge >= 0.3 is 0 Å². The van der Waals surface area contributed by atoms with E-state index in [1.807, 2.05) is 23.3 Å². The van der Waals surface area contributed by atoms with Crippen LogP contribution >= 0.6 is 22.9 Å². The lowest BCUT2D eigenvalue weighted by Gasteiger charge is -2.32. The third-order valence-electron chi connectivity index (χ3n) is 7.59. The van der Waals surface area contributed by atoms with Crippen molar-refractivity contribution in [2.24, 2.45) is 5.92 Å². The molecule has 1 aromatic heterocycles. The SMILES string of the molecule is Cc1ccc(S(=O)(=O)N2CCC(c3nc(C(=O)N4CCC(Cc5ccccc5)CC4)cs3)CC2)cc1Cl. The molecule has 0 N–H and O–H groups in total. The van der Waals surface area contributed by atoms with Crippen LogP contribution in [0.25, 0.3) is 0 Å². The summed E-state index contributed by atoms with van der Waals surface area (Å²) in [5, 5.41) is 3.25. The van der Waals surface area contributed by atoms with E-state index in [0.29, 0.717) is 42.6 Å². The number of hydrogen-bond acceptors (Lipinski definition) is 5. The van der Waals surface area contributed by atoms with Crippen LogP contribution in [0.3, 0.4) is 0 Å². The molecule has 196 valence electrons. The Bertz CT molecular complexity index is 1340. The molecule has 0 radical (unpaired) electrons. The van der Waals surface area contributed by atoms with Gasteiger partial charge in [0.1, 0.15) is 5.69 Å². The van der Waals surface area contributed by atoms with Crippen molar-refractivity contribution in [3.05, 3.63) is 80.8 Å². The number of sulfonamides is 1. The number of carbonyl (C=O) groups is 1. The van der Waals surface area contributed by atoms with Crippen molar-refractivity contribution >= 4 is 38.9 Å². The molecular weight excluding hydrogens is 526 g/mol. The highest BCUT2D eigenvalue weighted by Gasteiger charge is 2.32. The number of carbonyl (C=O) groups excluding carboxylic acids is 1. The largest absolute Gasteiger partial charge is 0.337 e. The first kappa shape index (κ1) is 26.4. The van der Waals surface area contributed by atoms with Crippen molar-refractivity contribution < 1.29 is 13.2 Å². The fraction of sp³-hybridized carbons (Fsp3) is 0.429. The van der Waals surface area contributed by atoms with Gasteiger partial charge in [-0.25, -0.2) is 13.4 Å². The Morgan fingerprint density at radius 3 is 2.41 bits per heavy atom. The van der Waals surface area contributed by atoms with Gasteiger partial charge in [0, 0.05) is 42.5 Å². The number of likely N-dealkylation sites (tertiary alicyclic amines) is 1. The molecule has 5 rings (SSSR count). The van der Waals surface area contributed by atoms with Crippen LogP contribution < -0.4 is 0 Å². The van der Waals surface area contributed by atoms with Gasteiger partial charge in [-0.05, 0) is 68.2 Å². The van der Waals surface area contributed by atoms with E-state index < -0.39 is 10.0 Å².